The summed E-state index contributed by atoms with van der Waals surface area (Å²) in [6.07, 6.45) is 2.46. The average Bonchev–Trinajstić information content (AvgIpc) is 2.81. The highest BCUT2D eigenvalue weighted by Crippen LogP contribution is 2.25. The maximum atomic E-state index is 13.5. The average molecular weight is 480 g/mol. The van der Waals surface area contributed by atoms with Crippen molar-refractivity contribution in [2.24, 2.45) is 0 Å². The van der Waals surface area contributed by atoms with Crippen molar-refractivity contribution in [3.63, 3.8) is 0 Å². The smallest absolute Gasteiger partial charge is 0.408 e. The number of benzene rings is 2. The van der Waals surface area contributed by atoms with Crippen LogP contribution >= 0.6 is 0 Å². The Morgan fingerprint density at radius 2 is 1.77 bits per heavy atom. The molecule has 2 aromatic carbocycles. The van der Waals surface area contributed by atoms with Gasteiger partial charge in [-0.25, -0.2) is 4.79 Å². The Hall–Kier alpha value is -4.07. The molecule has 8 heteroatoms. The summed E-state index contributed by atoms with van der Waals surface area (Å²) in [6, 6.07) is 13.0. The third-order valence-corrected chi connectivity index (χ3v) is 4.81. The maximum Gasteiger partial charge on any atom is 0.408 e. The maximum absolute atomic E-state index is 13.5. The van der Waals surface area contributed by atoms with Crippen molar-refractivity contribution in [2.45, 2.75) is 32.4 Å². The Morgan fingerprint density at radius 1 is 1.09 bits per heavy atom. The van der Waals surface area contributed by atoms with Crippen molar-refractivity contribution >= 4 is 29.7 Å². The number of rotatable bonds is 10. The van der Waals surface area contributed by atoms with Crippen LogP contribution in [-0.2, 0) is 14.3 Å². The Kier molecular flexibility index (Phi) is 9.64. The van der Waals surface area contributed by atoms with E-state index in [0.717, 1.165) is 5.56 Å². The molecule has 2 aromatic rings. The van der Waals surface area contributed by atoms with Gasteiger partial charge in [-0.15, -0.1) is 6.58 Å². The molecule has 2 N–H and O–H groups in total. The second-order valence-corrected chi connectivity index (χ2v) is 8.68. The second-order valence-electron chi connectivity index (χ2n) is 8.68. The highest BCUT2D eigenvalue weighted by atomic mass is 16.6. The Bertz CT molecular complexity index is 1060. The monoisotopic (exact) mass is 479 g/mol. The number of nitrogens with one attached hydrogen (secondary N) is 2. The Balaban J connectivity index is 2.35. The molecule has 35 heavy (non-hydrogen) atoms. The third kappa shape index (κ3) is 8.33. The fraction of sp³-hybridized carbons (Fsp3) is 0.296. The van der Waals surface area contributed by atoms with E-state index in [0.29, 0.717) is 17.0 Å². The molecule has 0 bridgehead atoms. The van der Waals surface area contributed by atoms with Gasteiger partial charge in [0, 0.05) is 12.2 Å². The number of ether oxygens (including phenoxy) is 2. The van der Waals surface area contributed by atoms with E-state index in [1.807, 2.05) is 6.07 Å². The van der Waals surface area contributed by atoms with E-state index in [9.17, 15) is 14.4 Å². The summed E-state index contributed by atoms with van der Waals surface area (Å²) in [5.74, 6) is -0.256. The van der Waals surface area contributed by atoms with Gasteiger partial charge in [-0.05, 0) is 62.2 Å². The lowest BCUT2D eigenvalue weighted by Gasteiger charge is -2.31. The van der Waals surface area contributed by atoms with Gasteiger partial charge in [0.05, 0.1) is 7.11 Å². The second kappa shape index (κ2) is 12.4. The fourth-order valence-corrected chi connectivity index (χ4v) is 3.27. The SMILES string of the molecule is C=CCN(C(=O)CNC(=O)OC(C)(C)C)C(C(=O)Nc1ccc(OC)cc1)c1cccc(C=C)c1. The molecule has 2 rings (SSSR count). The number of carbonyl (C=O) groups excluding carboxylic acids is 3. The van der Waals surface area contributed by atoms with Crippen molar-refractivity contribution in [1.82, 2.24) is 10.2 Å². The van der Waals surface area contributed by atoms with Crippen molar-refractivity contribution < 1.29 is 23.9 Å². The van der Waals surface area contributed by atoms with Crippen LogP contribution in [0.25, 0.3) is 6.08 Å². The van der Waals surface area contributed by atoms with E-state index >= 15 is 0 Å². The minimum atomic E-state index is -0.997. The van der Waals surface area contributed by atoms with Crippen LogP contribution in [0.15, 0.2) is 67.8 Å². The van der Waals surface area contributed by atoms with E-state index in [-0.39, 0.29) is 13.1 Å². The van der Waals surface area contributed by atoms with Gasteiger partial charge in [-0.2, -0.15) is 0 Å². The third-order valence-electron chi connectivity index (χ3n) is 4.81. The topological polar surface area (TPSA) is 97.0 Å². The molecule has 0 heterocycles. The molecule has 0 saturated carbocycles. The van der Waals surface area contributed by atoms with Crippen LogP contribution in [0.5, 0.6) is 5.75 Å². The molecular formula is C27H33N3O5. The molecule has 0 aromatic heterocycles. The van der Waals surface area contributed by atoms with E-state index < -0.39 is 29.6 Å². The summed E-state index contributed by atoms with van der Waals surface area (Å²) in [5.41, 5.74) is 1.21. The van der Waals surface area contributed by atoms with Gasteiger partial charge in [0.1, 0.15) is 23.9 Å². The van der Waals surface area contributed by atoms with Gasteiger partial charge in [-0.3, -0.25) is 9.59 Å². The summed E-state index contributed by atoms with van der Waals surface area (Å²) in [4.78, 5) is 40.1. The van der Waals surface area contributed by atoms with Gasteiger partial charge in [0.2, 0.25) is 5.91 Å². The number of nitrogens with zero attached hydrogens (tertiary/aromatic N) is 1. The predicted molar refractivity (Wildman–Crippen MR) is 137 cm³/mol. The number of methoxy groups -OCH3 is 1. The normalized spacial score (nSPS) is 11.5. The van der Waals surface area contributed by atoms with Crippen molar-refractivity contribution in [3.05, 3.63) is 78.9 Å². The summed E-state index contributed by atoms with van der Waals surface area (Å²) in [7, 11) is 1.56. The Morgan fingerprint density at radius 3 is 2.34 bits per heavy atom. The van der Waals surface area contributed by atoms with Gasteiger partial charge >= 0.3 is 6.09 Å². The lowest BCUT2D eigenvalue weighted by molar-refractivity contribution is -0.137. The van der Waals surface area contributed by atoms with Crippen LogP contribution in [0.1, 0.15) is 37.9 Å². The van der Waals surface area contributed by atoms with Gasteiger partial charge < -0.3 is 25.0 Å². The van der Waals surface area contributed by atoms with E-state index in [1.54, 1.807) is 76.4 Å². The van der Waals surface area contributed by atoms with Crippen molar-refractivity contribution in [1.29, 1.82) is 0 Å². The molecule has 0 aliphatic heterocycles. The first-order valence-electron chi connectivity index (χ1n) is 11.1. The van der Waals surface area contributed by atoms with Crippen molar-refractivity contribution in [2.75, 3.05) is 25.5 Å². The number of alkyl carbamates (subject to hydrolysis) is 1. The zero-order valence-electron chi connectivity index (χ0n) is 20.7. The first kappa shape index (κ1) is 27.2. The summed E-state index contributed by atoms with van der Waals surface area (Å²) in [6.45, 7) is 12.4. The number of hydrogen-bond acceptors (Lipinski definition) is 5. The lowest BCUT2D eigenvalue weighted by atomic mass is 10.0. The van der Waals surface area contributed by atoms with Gasteiger partial charge in [-0.1, -0.05) is 36.9 Å². The van der Waals surface area contributed by atoms with Crippen LogP contribution in [0.4, 0.5) is 10.5 Å². The molecule has 0 fully saturated rings. The van der Waals surface area contributed by atoms with E-state index in [1.165, 1.54) is 11.0 Å². The fourth-order valence-electron chi connectivity index (χ4n) is 3.27. The molecule has 0 saturated heterocycles. The minimum Gasteiger partial charge on any atom is -0.497 e. The summed E-state index contributed by atoms with van der Waals surface area (Å²) in [5, 5.41) is 5.32. The highest BCUT2D eigenvalue weighted by Gasteiger charge is 2.31. The molecule has 1 unspecified atom stereocenters. The summed E-state index contributed by atoms with van der Waals surface area (Å²) >= 11 is 0. The first-order valence-corrected chi connectivity index (χ1v) is 11.1. The van der Waals surface area contributed by atoms with Crippen LogP contribution in [0.3, 0.4) is 0 Å². The molecule has 0 radical (unpaired) electrons. The number of anilines is 1. The zero-order chi connectivity index (χ0) is 26.0. The molecule has 0 aliphatic carbocycles. The van der Waals surface area contributed by atoms with Crippen LogP contribution in [-0.4, -0.2) is 48.6 Å². The molecule has 186 valence electrons. The zero-order valence-corrected chi connectivity index (χ0v) is 20.7. The molecule has 0 spiro atoms. The quantitative estimate of drug-likeness (QED) is 0.487. The molecular weight excluding hydrogens is 446 g/mol. The van der Waals surface area contributed by atoms with E-state index in [2.05, 4.69) is 23.8 Å². The molecule has 0 aliphatic rings. The number of carbonyl (C=O) groups is 3. The number of amides is 3. The van der Waals surface area contributed by atoms with E-state index in [4.69, 9.17) is 9.47 Å². The van der Waals surface area contributed by atoms with Crippen LogP contribution < -0.4 is 15.4 Å². The summed E-state index contributed by atoms with van der Waals surface area (Å²) < 4.78 is 10.4. The van der Waals surface area contributed by atoms with Gasteiger partial charge in [0.25, 0.3) is 5.91 Å². The van der Waals surface area contributed by atoms with Crippen LogP contribution in [0.2, 0.25) is 0 Å². The standard InChI is InChI=1S/C27H33N3O5/c1-7-16-30(23(31)18-28-26(33)35-27(3,4)5)24(20-11-9-10-19(8-2)17-20)25(32)29-21-12-14-22(34-6)15-13-21/h7-15,17,24H,1-2,16,18H2,3-6H3,(H,28,33)(H,29,32). The minimum absolute atomic E-state index is 0.0772. The van der Waals surface area contributed by atoms with Crippen LogP contribution in [0, 0.1) is 0 Å². The predicted octanol–water partition coefficient (Wildman–Crippen LogP) is 4.56. The highest BCUT2D eigenvalue weighted by molar-refractivity contribution is 5.98. The number of hydrogen-bond donors (Lipinski definition) is 2. The molecule has 3 amide bonds. The molecule has 8 nitrogen and oxygen atoms in total. The van der Waals surface area contributed by atoms with Crippen molar-refractivity contribution in [3.8, 4) is 5.75 Å². The van der Waals surface area contributed by atoms with Gasteiger partial charge in [0.15, 0.2) is 0 Å². The lowest BCUT2D eigenvalue weighted by Crippen LogP contribution is -2.46. The largest absolute Gasteiger partial charge is 0.497 e. The molecule has 1 atom stereocenters. The first-order chi connectivity index (χ1) is 16.6. The Labute approximate surface area is 206 Å².